The first kappa shape index (κ1) is 17.7. The number of ether oxygens (including phenoxy) is 1. The number of pyridine rings is 1. The molecule has 0 aliphatic heterocycles. The number of nitrogens with two attached hydrogens (primary N) is 2. The van der Waals surface area contributed by atoms with Crippen molar-refractivity contribution in [2.24, 2.45) is 11.6 Å². The van der Waals surface area contributed by atoms with Gasteiger partial charge in [0.1, 0.15) is 0 Å². The fourth-order valence-electron chi connectivity index (χ4n) is 1.68. The van der Waals surface area contributed by atoms with Crippen LogP contribution in [0.4, 0.5) is 5.69 Å². The number of likely N-dealkylation sites (N-methyl/N-ethyl adjacent to an activating group) is 1. The molecule has 0 aliphatic rings. The maximum absolute atomic E-state index is 11.7. The number of methoxy groups -OCH3 is 1. The van der Waals surface area contributed by atoms with Gasteiger partial charge in [0.05, 0.1) is 36.1 Å². The van der Waals surface area contributed by atoms with E-state index in [0.717, 1.165) is 11.3 Å². The number of hydrogen-bond acceptors (Lipinski definition) is 8. The number of sulfonamides is 1. The van der Waals surface area contributed by atoms with Crippen LogP contribution in [0.1, 0.15) is 11.4 Å². The van der Waals surface area contributed by atoms with Crippen molar-refractivity contribution in [3.05, 3.63) is 29.2 Å². The van der Waals surface area contributed by atoms with Crippen LogP contribution in [0.25, 0.3) is 5.70 Å². The minimum atomic E-state index is -3.42. The molecule has 0 amide bonds. The molecular weight excluding hydrogens is 310 g/mol. The summed E-state index contributed by atoms with van der Waals surface area (Å²) < 4.78 is 29.4. The number of anilines is 1. The lowest BCUT2D eigenvalue weighted by atomic mass is 10.2. The summed E-state index contributed by atoms with van der Waals surface area (Å²) in [5, 5.41) is 1.03. The third kappa shape index (κ3) is 4.33. The van der Waals surface area contributed by atoms with E-state index in [4.69, 9.17) is 11.6 Å². The van der Waals surface area contributed by atoms with Gasteiger partial charge in [-0.25, -0.2) is 24.0 Å². The van der Waals surface area contributed by atoms with Crippen LogP contribution in [0.15, 0.2) is 17.8 Å². The third-order valence-corrected chi connectivity index (χ3v) is 3.23. The molecule has 0 spiro atoms. The molecule has 0 fully saturated rings. The Morgan fingerprint density at radius 3 is 2.41 bits per heavy atom. The van der Waals surface area contributed by atoms with Crippen LogP contribution in [0.3, 0.4) is 0 Å². The maximum atomic E-state index is 11.7. The van der Waals surface area contributed by atoms with Crippen molar-refractivity contribution in [1.29, 1.82) is 0 Å². The number of carbonyl (C=O) groups is 1. The molecule has 1 aromatic rings. The highest BCUT2D eigenvalue weighted by Crippen LogP contribution is 2.19. The number of nitrogens with zero attached hydrogens (tertiary/aromatic N) is 2. The van der Waals surface area contributed by atoms with Gasteiger partial charge in [-0.3, -0.25) is 4.72 Å². The average Bonchev–Trinajstić information content (AvgIpc) is 2.39. The zero-order valence-corrected chi connectivity index (χ0v) is 13.6. The molecule has 0 atom stereocenters. The summed E-state index contributed by atoms with van der Waals surface area (Å²) in [4.78, 5) is 15.9. The van der Waals surface area contributed by atoms with Gasteiger partial charge in [0, 0.05) is 7.05 Å². The lowest BCUT2D eigenvalue weighted by molar-refractivity contribution is -0.137. The Morgan fingerprint density at radius 2 is 2.00 bits per heavy atom. The van der Waals surface area contributed by atoms with E-state index in [9.17, 15) is 13.2 Å². The molecule has 9 nitrogen and oxygen atoms in total. The molecule has 0 bridgehead atoms. The zero-order chi connectivity index (χ0) is 17.1. The van der Waals surface area contributed by atoms with Gasteiger partial charge in [0.2, 0.25) is 10.0 Å². The second kappa shape index (κ2) is 6.62. The minimum absolute atomic E-state index is 0.0193. The van der Waals surface area contributed by atoms with Crippen molar-refractivity contribution >= 4 is 27.4 Å². The van der Waals surface area contributed by atoms with Crippen molar-refractivity contribution < 1.29 is 17.9 Å². The number of nitrogens with one attached hydrogen (secondary N) is 1. The third-order valence-electron chi connectivity index (χ3n) is 2.64. The predicted molar refractivity (Wildman–Crippen MR) is 82.5 cm³/mol. The van der Waals surface area contributed by atoms with Gasteiger partial charge in [-0.05, 0) is 19.1 Å². The van der Waals surface area contributed by atoms with Crippen LogP contribution in [-0.4, -0.2) is 44.8 Å². The monoisotopic (exact) mass is 329 g/mol. The Bertz CT molecular complexity index is 712. The lowest BCUT2D eigenvalue weighted by Crippen LogP contribution is -2.33. The van der Waals surface area contributed by atoms with Crippen LogP contribution in [0, 0.1) is 6.92 Å². The molecule has 0 aliphatic carbocycles. The second-order valence-corrected chi connectivity index (χ2v) is 6.32. The molecule has 22 heavy (non-hydrogen) atoms. The SMILES string of the molecule is COC(=O)/C(=C(/N)c1ccc(NS(C)(=O)=O)c(C)n1)N(C)N. The molecule has 0 unspecified atom stereocenters. The minimum Gasteiger partial charge on any atom is -0.464 e. The zero-order valence-electron chi connectivity index (χ0n) is 12.7. The number of aromatic nitrogens is 1. The summed E-state index contributed by atoms with van der Waals surface area (Å²) >= 11 is 0. The molecule has 122 valence electrons. The first-order valence-electron chi connectivity index (χ1n) is 6.09. The number of esters is 1. The van der Waals surface area contributed by atoms with Gasteiger partial charge in [-0.15, -0.1) is 0 Å². The van der Waals surface area contributed by atoms with Crippen LogP contribution in [0.2, 0.25) is 0 Å². The van der Waals surface area contributed by atoms with Crippen molar-refractivity contribution in [3.63, 3.8) is 0 Å². The number of hydrogen-bond donors (Lipinski definition) is 3. The summed E-state index contributed by atoms with van der Waals surface area (Å²) in [6.45, 7) is 1.61. The molecule has 1 heterocycles. The highest BCUT2D eigenvalue weighted by molar-refractivity contribution is 7.92. The first-order valence-corrected chi connectivity index (χ1v) is 7.98. The van der Waals surface area contributed by atoms with Crippen LogP contribution >= 0.6 is 0 Å². The average molecular weight is 329 g/mol. The van der Waals surface area contributed by atoms with Gasteiger partial charge in [0.25, 0.3) is 0 Å². The van der Waals surface area contributed by atoms with Crippen LogP contribution in [-0.2, 0) is 19.6 Å². The van der Waals surface area contributed by atoms with E-state index in [0.29, 0.717) is 11.4 Å². The highest BCUT2D eigenvalue weighted by atomic mass is 32.2. The summed E-state index contributed by atoms with van der Waals surface area (Å²) in [5.41, 5.74) is 6.87. The van der Waals surface area contributed by atoms with Gasteiger partial charge in [-0.1, -0.05) is 0 Å². The molecule has 0 saturated carbocycles. The quantitative estimate of drug-likeness (QED) is 0.280. The van der Waals surface area contributed by atoms with E-state index in [2.05, 4.69) is 14.4 Å². The summed E-state index contributed by atoms with van der Waals surface area (Å²) in [6.07, 6.45) is 1.04. The molecule has 0 radical (unpaired) electrons. The van der Waals surface area contributed by atoms with E-state index >= 15 is 0 Å². The first-order chi connectivity index (χ1) is 10.1. The molecule has 10 heteroatoms. The fourth-order valence-corrected chi connectivity index (χ4v) is 2.30. The summed E-state index contributed by atoms with van der Waals surface area (Å²) in [7, 11) is -0.774. The normalized spacial score (nSPS) is 12.4. The van der Waals surface area contributed by atoms with Crippen molar-refractivity contribution in [2.75, 3.05) is 25.1 Å². The van der Waals surface area contributed by atoms with Gasteiger partial charge in [-0.2, -0.15) is 0 Å². The van der Waals surface area contributed by atoms with Crippen molar-refractivity contribution in [1.82, 2.24) is 9.99 Å². The van der Waals surface area contributed by atoms with Crippen LogP contribution < -0.4 is 16.3 Å². The van der Waals surface area contributed by atoms with E-state index in [1.165, 1.54) is 26.3 Å². The summed E-state index contributed by atoms with van der Waals surface area (Å²) in [5.74, 6) is 4.87. The maximum Gasteiger partial charge on any atom is 0.357 e. The Balaban J connectivity index is 3.33. The molecule has 1 rings (SSSR count). The highest BCUT2D eigenvalue weighted by Gasteiger charge is 2.19. The Morgan fingerprint density at radius 1 is 1.41 bits per heavy atom. The number of aryl methyl sites for hydroxylation is 1. The Kier molecular flexibility index (Phi) is 5.33. The topological polar surface area (TPSA) is 141 Å². The van der Waals surface area contributed by atoms with Gasteiger partial charge in [0.15, 0.2) is 5.70 Å². The van der Waals surface area contributed by atoms with Gasteiger partial charge >= 0.3 is 5.97 Å². The van der Waals surface area contributed by atoms with E-state index < -0.39 is 16.0 Å². The fraction of sp³-hybridized carbons (Fsp3) is 0.333. The lowest BCUT2D eigenvalue weighted by Gasteiger charge is -2.17. The molecule has 5 N–H and O–H groups in total. The summed E-state index contributed by atoms with van der Waals surface area (Å²) in [6, 6.07) is 2.97. The van der Waals surface area contributed by atoms with E-state index in [1.807, 2.05) is 0 Å². The van der Waals surface area contributed by atoms with Crippen LogP contribution in [0.5, 0.6) is 0 Å². The smallest absolute Gasteiger partial charge is 0.357 e. The molecular formula is C12H19N5O4S. The molecule has 0 aromatic carbocycles. The molecule has 0 saturated heterocycles. The van der Waals surface area contributed by atoms with Gasteiger partial charge < -0.3 is 15.5 Å². The van der Waals surface area contributed by atoms with Crippen molar-refractivity contribution in [2.45, 2.75) is 6.92 Å². The van der Waals surface area contributed by atoms with E-state index in [1.54, 1.807) is 6.92 Å². The second-order valence-electron chi connectivity index (χ2n) is 4.57. The standard InChI is InChI=1S/C12H19N5O4S/c1-7-8(16-22(4,19)20)5-6-9(15-7)10(13)11(17(2)14)12(18)21-3/h5-6,16H,13-14H2,1-4H3/b11-10-. The Hall–Kier alpha value is -2.33. The van der Waals surface area contributed by atoms with Crippen molar-refractivity contribution in [3.8, 4) is 0 Å². The predicted octanol–water partition coefficient (Wildman–Crippen LogP) is -0.633. The number of carbonyl (C=O) groups excluding carboxylic acids is 1. The Labute approximate surface area is 129 Å². The largest absolute Gasteiger partial charge is 0.464 e. The number of hydrazine groups is 1. The number of rotatable bonds is 5. The molecule has 1 aromatic heterocycles. The van der Waals surface area contributed by atoms with E-state index in [-0.39, 0.29) is 17.1 Å².